The number of para-hydroxylation sites is 1. The van der Waals surface area contributed by atoms with Gasteiger partial charge in [-0.25, -0.2) is 0 Å². The topological polar surface area (TPSA) is 27.8 Å². The van der Waals surface area contributed by atoms with Crippen molar-refractivity contribution in [3.8, 4) is 0 Å². The van der Waals surface area contributed by atoms with Gasteiger partial charge in [0.1, 0.15) is 0 Å². The number of aromatic amines is 1. The van der Waals surface area contributed by atoms with Crippen LogP contribution in [0, 0.1) is 0 Å². The zero-order chi connectivity index (χ0) is 11.5. The van der Waals surface area contributed by atoms with Crippen LogP contribution in [0.25, 0.3) is 10.9 Å². The van der Waals surface area contributed by atoms with Crippen LogP contribution in [-0.2, 0) is 6.54 Å². The van der Waals surface area contributed by atoms with Crippen molar-refractivity contribution in [3.63, 3.8) is 0 Å². The second-order valence-electron chi connectivity index (χ2n) is 4.15. The average Bonchev–Trinajstić information content (AvgIpc) is 2.64. The van der Waals surface area contributed by atoms with E-state index in [4.69, 9.17) is 11.6 Å². The summed E-state index contributed by atoms with van der Waals surface area (Å²) < 4.78 is 0. The van der Waals surface area contributed by atoms with Crippen molar-refractivity contribution in [3.05, 3.63) is 35.0 Å². The first-order valence-corrected chi connectivity index (χ1v) is 6.08. The van der Waals surface area contributed by atoms with Crippen LogP contribution in [0.1, 0.15) is 26.0 Å². The van der Waals surface area contributed by atoms with Gasteiger partial charge in [-0.05, 0) is 19.4 Å². The highest BCUT2D eigenvalue weighted by Gasteiger charge is 2.09. The van der Waals surface area contributed by atoms with Gasteiger partial charge in [0.05, 0.1) is 5.02 Å². The molecule has 1 heterocycles. The van der Waals surface area contributed by atoms with Crippen molar-refractivity contribution in [2.45, 2.75) is 32.9 Å². The highest BCUT2D eigenvalue weighted by Crippen LogP contribution is 2.26. The lowest BCUT2D eigenvalue weighted by Gasteiger charge is -2.10. The third-order valence-corrected chi connectivity index (χ3v) is 3.39. The van der Waals surface area contributed by atoms with E-state index in [0.717, 1.165) is 34.6 Å². The molecule has 1 atom stereocenters. The first-order chi connectivity index (χ1) is 7.72. The van der Waals surface area contributed by atoms with Gasteiger partial charge in [0.2, 0.25) is 0 Å². The Balaban J connectivity index is 2.21. The van der Waals surface area contributed by atoms with E-state index in [9.17, 15) is 0 Å². The van der Waals surface area contributed by atoms with Crippen LogP contribution in [0.15, 0.2) is 24.3 Å². The lowest BCUT2D eigenvalue weighted by Crippen LogP contribution is -2.24. The van der Waals surface area contributed by atoms with Gasteiger partial charge in [0, 0.05) is 29.2 Å². The fraction of sp³-hybridized carbons (Fsp3) is 0.385. The Morgan fingerprint density at radius 1 is 1.38 bits per heavy atom. The molecule has 2 N–H and O–H groups in total. The maximum Gasteiger partial charge on any atom is 0.0705 e. The van der Waals surface area contributed by atoms with Crippen molar-refractivity contribution in [1.29, 1.82) is 0 Å². The van der Waals surface area contributed by atoms with E-state index in [1.807, 2.05) is 24.3 Å². The van der Waals surface area contributed by atoms with Crippen LogP contribution in [0.3, 0.4) is 0 Å². The molecule has 0 saturated carbocycles. The molecule has 1 aromatic carbocycles. The summed E-state index contributed by atoms with van der Waals surface area (Å²) in [6.07, 6.45) is 1.12. The van der Waals surface area contributed by atoms with E-state index < -0.39 is 0 Å². The summed E-state index contributed by atoms with van der Waals surface area (Å²) in [6.45, 7) is 5.14. The van der Waals surface area contributed by atoms with Gasteiger partial charge in [-0.2, -0.15) is 0 Å². The lowest BCUT2D eigenvalue weighted by molar-refractivity contribution is 0.530. The standard InChI is InChI=1S/C13H17ClN2/c1-3-9(2)15-8-12-13(14)10-6-4-5-7-11(10)16-12/h4-7,9,15-16H,3,8H2,1-2H3. The van der Waals surface area contributed by atoms with E-state index in [-0.39, 0.29) is 0 Å². The minimum absolute atomic E-state index is 0.516. The summed E-state index contributed by atoms with van der Waals surface area (Å²) >= 11 is 6.31. The Morgan fingerprint density at radius 3 is 2.81 bits per heavy atom. The second kappa shape index (κ2) is 4.89. The molecule has 0 aliphatic rings. The van der Waals surface area contributed by atoms with Gasteiger partial charge in [0.25, 0.3) is 0 Å². The first kappa shape index (κ1) is 11.5. The summed E-state index contributed by atoms with van der Waals surface area (Å²) in [5, 5.41) is 5.38. The van der Waals surface area contributed by atoms with Gasteiger partial charge < -0.3 is 10.3 Å². The second-order valence-corrected chi connectivity index (χ2v) is 4.53. The van der Waals surface area contributed by atoms with Crippen molar-refractivity contribution in [2.24, 2.45) is 0 Å². The summed E-state index contributed by atoms with van der Waals surface area (Å²) in [6, 6.07) is 8.63. The number of rotatable bonds is 4. The monoisotopic (exact) mass is 236 g/mol. The molecule has 1 aromatic heterocycles. The minimum atomic E-state index is 0.516. The van der Waals surface area contributed by atoms with Crippen LogP contribution in [0.2, 0.25) is 5.02 Å². The van der Waals surface area contributed by atoms with Crippen molar-refractivity contribution >= 4 is 22.5 Å². The number of hydrogen-bond donors (Lipinski definition) is 2. The average molecular weight is 237 g/mol. The third-order valence-electron chi connectivity index (χ3n) is 2.95. The molecule has 2 nitrogen and oxygen atoms in total. The molecule has 2 aromatic rings. The molecule has 0 radical (unpaired) electrons. The Morgan fingerprint density at radius 2 is 2.12 bits per heavy atom. The van der Waals surface area contributed by atoms with E-state index in [0.29, 0.717) is 6.04 Å². The lowest BCUT2D eigenvalue weighted by atomic mass is 10.2. The summed E-state index contributed by atoms with van der Waals surface area (Å²) in [7, 11) is 0. The summed E-state index contributed by atoms with van der Waals surface area (Å²) in [5.41, 5.74) is 2.18. The SMILES string of the molecule is CCC(C)NCc1[nH]c2ccccc2c1Cl. The van der Waals surface area contributed by atoms with Crippen LogP contribution in [0.5, 0.6) is 0 Å². The Bertz CT molecular complexity index is 476. The van der Waals surface area contributed by atoms with E-state index in [1.54, 1.807) is 0 Å². The quantitative estimate of drug-likeness (QED) is 0.832. The number of benzene rings is 1. The molecule has 16 heavy (non-hydrogen) atoms. The molecule has 1 unspecified atom stereocenters. The highest BCUT2D eigenvalue weighted by molar-refractivity contribution is 6.36. The number of halogens is 1. The van der Waals surface area contributed by atoms with Crippen molar-refractivity contribution < 1.29 is 0 Å². The fourth-order valence-electron chi connectivity index (χ4n) is 1.71. The van der Waals surface area contributed by atoms with Gasteiger partial charge in [-0.1, -0.05) is 36.7 Å². The largest absolute Gasteiger partial charge is 0.356 e. The maximum atomic E-state index is 6.31. The fourth-order valence-corrected chi connectivity index (χ4v) is 1.98. The van der Waals surface area contributed by atoms with Crippen LogP contribution < -0.4 is 5.32 Å². The van der Waals surface area contributed by atoms with Gasteiger partial charge in [0.15, 0.2) is 0 Å². The molecule has 0 bridgehead atoms. The number of fused-ring (bicyclic) bond motifs is 1. The van der Waals surface area contributed by atoms with Crippen LogP contribution in [0.4, 0.5) is 0 Å². The highest BCUT2D eigenvalue weighted by atomic mass is 35.5. The zero-order valence-electron chi connectivity index (χ0n) is 9.68. The number of H-pyrrole nitrogens is 1. The number of hydrogen-bond acceptors (Lipinski definition) is 1. The molecule has 0 aliphatic carbocycles. The van der Waals surface area contributed by atoms with E-state index in [2.05, 4.69) is 24.1 Å². The zero-order valence-corrected chi connectivity index (χ0v) is 10.4. The molecule has 0 spiro atoms. The normalized spacial score (nSPS) is 13.2. The Labute approximate surface area is 101 Å². The van der Waals surface area contributed by atoms with Gasteiger partial charge in [-0.15, -0.1) is 0 Å². The van der Waals surface area contributed by atoms with Gasteiger partial charge >= 0.3 is 0 Å². The molecule has 0 fully saturated rings. The van der Waals surface area contributed by atoms with Gasteiger partial charge in [-0.3, -0.25) is 0 Å². The Hall–Kier alpha value is -0.990. The maximum absolute atomic E-state index is 6.31. The molecule has 0 saturated heterocycles. The number of nitrogens with one attached hydrogen (secondary N) is 2. The first-order valence-electron chi connectivity index (χ1n) is 5.70. The third kappa shape index (κ3) is 2.23. The molecule has 0 amide bonds. The predicted molar refractivity (Wildman–Crippen MR) is 69.9 cm³/mol. The molecule has 86 valence electrons. The van der Waals surface area contributed by atoms with E-state index in [1.165, 1.54) is 0 Å². The van der Waals surface area contributed by atoms with E-state index >= 15 is 0 Å². The van der Waals surface area contributed by atoms with Crippen molar-refractivity contribution in [1.82, 2.24) is 10.3 Å². The smallest absolute Gasteiger partial charge is 0.0705 e. The van der Waals surface area contributed by atoms with Crippen LogP contribution in [-0.4, -0.2) is 11.0 Å². The van der Waals surface area contributed by atoms with Crippen LogP contribution >= 0.6 is 11.6 Å². The minimum Gasteiger partial charge on any atom is -0.356 e. The predicted octanol–water partition coefficient (Wildman–Crippen LogP) is 3.71. The summed E-state index contributed by atoms with van der Waals surface area (Å²) in [4.78, 5) is 3.35. The molecule has 0 aliphatic heterocycles. The molecular weight excluding hydrogens is 220 g/mol. The molecule has 2 rings (SSSR count). The Kier molecular flexibility index (Phi) is 3.52. The summed E-state index contributed by atoms with van der Waals surface area (Å²) in [5.74, 6) is 0. The molecular formula is C13H17ClN2. The molecule has 3 heteroatoms. The van der Waals surface area contributed by atoms with Crippen molar-refractivity contribution in [2.75, 3.05) is 0 Å². The number of aromatic nitrogens is 1.